The smallest absolute Gasteiger partial charge is 0.321 e. The fourth-order valence-electron chi connectivity index (χ4n) is 3.28. The van der Waals surface area contributed by atoms with Crippen molar-refractivity contribution in [1.29, 1.82) is 0 Å². The van der Waals surface area contributed by atoms with Crippen LogP contribution in [0.3, 0.4) is 0 Å². The molecule has 1 saturated heterocycles. The summed E-state index contributed by atoms with van der Waals surface area (Å²) in [6.07, 6.45) is 1.63. The lowest BCUT2D eigenvalue weighted by Gasteiger charge is -2.18. The first kappa shape index (κ1) is 16.0. The van der Waals surface area contributed by atoms with Crippen LogP contribution in [0.2, 0.25) is 5.02 Å². The first-order valence-electron chi connectivity index (χ1n) is 8.31. The van der Waals surface area contributed by atoms with E-state index in [0.29, 0.717) is 23.8 Å². The molecule has 3 amide bonds. The van der Waals surface area contributed by atoms with E-state index in [9.17, 15) is 9.59 Å². The van der Waals surface area contributed by atoms with Crippen LogP contribution in [0, 0.1) is 0 Å². The molecule has 1 saturated carbocycles. The molecule has 2 aromatic rings. The summed E-state index contributed by atoms with van der Waals surface area (Å²) in [6, 6.07) is 14.8. The van der Waals surface area contributed by atoms with E-state index in [1.807, 2.05) is 48.5 Å². The van der Waals surface area contributed by atoms with Gasteiger partial charge in [-0.3, -0.25) is 9.69 Å². The maximum Gasteiger partial charge on any atom is 0.321 e. The molecule has 0 unspecified atom stereocenters. The number of halogens is 1. The zero-order valence-electron chi connectivity index (χ0n) is 13.6. The minimum atomic E-state index is -0.494. The van der Waals surface area contributed by atoms with Crippen LogP contribution in [0.15, 0.2) is 48.5 Å². The molecule has 0 bridgehead atoms. The van der Waals surface area contributed by atoms with Crippen molar-refractivity contribution in [3.8, 4) is 0 Å². The van der Waals surface area contributed by atoms with Gasteiger partial charge in [0.1, 0.15) is 0 Å². The number of carbonyl (C=O) groups is 2. The maximum absolute atomic E-state index is 12.9. The number of hydrogen-bond acceptors (Lipinski definition) is 2. The standard InChI is InChI=1S/C19H18ClN3O2/c20-14-4-1-3-13(11-14)19(7-8-19)17(24)22-15-5-2-6-16(12-15)23-10-9-21-18(23)25/h1-6,11-12H,7-10H2,(H,21,25)(H,22,24). The predicted octanol–water partition coefficient (Wildman–Crippen LogP) is 3.54. The number of anilines is 2. The van der Waals surface area contributed by atoms with Crippen molar-refractivity contribution in [3.05, 3.63) is 59.1 Å². The maximum atomic E-state index is 12.9. The monoisotopic (exact) mass is 355 g/mol. The average molecular weight is 356 g/mol. The van der Waals surface area contributed by atoms with Crippen molar-refractivity contribution < 1.29 is 9.59 Å². The Morgan fingerprint density at radius 3 is 2.64 bits per heavy atom. The average Bonchev–Trinajstić information content (AvgIpc) is 3.31. The molecule has 2 fully saturated rings. The molecule has 0 spiro atoms. The second-order valence-corrected chi connectivity index (χ2v) is 6.92. The second kappa shape index (κ2) is 6.08. The zero-order chi connectivity index (χ0) is 17.4. The Bertz CT molecular complexity index is 848. The number of nitrogens with one attached hydrogen (secondary N) is 2. The summed E-state index contributed by atoms with van der Waals surface area (Å²) in [5.41, 5.74) is 1.93. The van der Waals surface area contributed by atoms with Crippen LogP contribution in [0.25, 0.3) is 0 Å². The van der Waals surface area contributed by atoms with E-state index >= 15 is 0 Å². The Hall–Kier alpha value is -2.53. The highest BCUT2D eigenvalue weighted by atomic mass is 35.5. The van der Waals surface area contributed by atoms with Gasteiger partial charge >= 0.3 is 6.03 Å². The molecular weight excluding hydrogens is 338 g/mol. The van der Waals surface area contributed by atoms with Crippen LogP contribution in [-0.4, -0.2) is 25.0 Å². The summed E-state index contributed by atoms with van der Waals surface area (Å²) in [6.45, 7) is 1.26. The summed E-state index contributed by atoms with van der Waals surface area (Å²) < 4.78 is 0. The van der Waals surface area contributed by atoms with Gasteiger partial charge in [-0.15, -0.1) is 0 Å². The first-order valence-corrected chi connectivity index (χ1v) is 8.69. The van der Waals surface area contributed by atoms with E-state index in [1.165, 1.54) is 0 Å². The first-order chi connectivity index (χ1) is 12.1. The lowest BCUT2D eigenvalue weighted by Crippen LogP contribution is -2.29. The van der Waals surface area contributed by atoms with E-state index in [-0.39, 0.29) is 11.9 Å². The van der Waals surface area contributed by atoms with Crippen LogP contribution in [0.1, 0.15) is 18.4 Å². The molecule has 2 aliphatic rings. The van der Waals surface area contributed by atoms with Crippen molar-refractivity contribution in [1.82, 2.24) is 5.32 Å². The number of rotatable bonds is 4. The molecule has 0 radical (unpaired) electrons. The molecule has 1 aliphatic carbocycles. The van der Waals surface area contributed by atoms with E-state index < -0.39 is 5.41 Å². The highest BCUT2D eigenvalue weighted by Gasteiger charge is 2.51. The Balaban J connectivity index is 1.54. The highest BCUT2D eigenvalue weighted by Crippen LogP contribution is 2.49. The largest absolute Gasteiger partial charge is 0.336 e. The number of nitrogens with zero attached hydrogens (tertiary/aromatic N) is 1. The van der Waals surface area contributed by atoms with E-state index in [0.717, 1.165) is 24.1 Å². The van der Waals surface area contributed by atoms with Gasteiger partial charge in [0, 0.05) is 29.5 Å². The fourth-order valence-corrected chi connectivity index (χ4v) is 3.47. The minimum absolute atomic E-state index is 0.0298. The van der Waals surface area contributed by atoms with Gasteiger partial charge in [-0.1, -0.05) is 29.8 Å². The number of benzene rings is 2. The van der Waals surface area contributed by atoms with Gasteiger partial charge in [0.05, 0.1) is 5.41 Å². The van der Waals surface area contributed by atoms with Crippen LogP contribution in [0.4, 0.5) is 16.2 Å². The summed E-state index contributed by atoms with van der Waals surface area (Å²) in [4.78, 5) is 26.3. The molecule has 2 N–H and O–H groups in total. The SMILES string of the molecule is O=C1NCCN1c1cccc(NC(=O)C2(c3cccc(Cl)c3)CC2)c1. The van der Waals surface area contributed by atoms with Crippen LogP contribution in [0.5, 0.6) is 0 Å². The molecule has 6 heteroatoms. The van der Waals surface area contributed by atoms with Crippen molar-refractivity contribution in [2.45, 2.75) is 18.3 Å². The number of urea groups is 1. The van der Waals surface area contributed by atoms with Crippen LogP contribution < -0.4 is 15.5 Å². The van der Waals surface area contributed by atoms with Crippen molar-refractivity contribution in [2.75, 3.05) is 23.3 Å². The molecule has 1 aliphatic heterocycles. The van der Waals surface area contributed by atoms with Crippen molar-refractivity contribution in [2.24, 2.45) is 0 Å². The molecule has 25 heavy (non-hydrogen) atoms. The number of hydrogen-bond donors (Lipinski definition) is 2. The minimum Gasteiger partial charge on any atom is -0.336 e. The Kier molecular flexibility index (Phi) is 3.88. The summed E-state index contributed by atoms with van der Waals surface area (Å²) in [5, 5.41) is 6.42. The molecule has 5 nitrogen and oxygen atoms in total. The van der Waals surface area contributed by atoms with Gasteiger partial charge < -0.3 is 10.6 Å². The molecule has 4 rings (SSSR count). The summed E-state index contributed by atoms with van der Waals surface area (Å²) in [7, 11) is 0. The quantitative estimate of drug-likeness (QED) is 0.881. The topological polar surface area (TPSA) is 61.4 Å². The van der Waals surface area contributed by atoms with Gasteiger partial charge in [-0.2, -0.15) is 0 Å². The van der Waals surface area contributed by atoms with Gasteiger partial charge in [0.2, 0.25) is 5.91 Å². The molecule has 0 aromatic heterocycles. The third kappa shape index (κ3) is 2.96. The van der Waals surface area contributed by atoms with E-state index in [1.54, 1.807) is 4.90 Å². The second-order valence-electron chi connectivity index (χ2n) is 6.48. The van der Waals surface area contributed by atoms with Gasteiger partial charge in [0.15, 0.2) is 0 Å². The van der Waals surface area contributed by atoms with Gasteiger partial charge in [-0.05, 0) is 48.7 Å². The lowest BCUT2D eigenvalue weighted by molar-refractivity contribution is -0.118. The van der Waals surface area contributed by atoms with Crippen molar-refractivity contribution in [3.63, 3.8) is 0 Å². The van der Waals surface area contributed by atoms with Gasteiger partial charge in [0.25, 0.3) is 0 Å². The van der Waals surface area contributed by atoms with E-state index in [2.05, 4.69) is 10.6 Å². The Labute approximate surface area is 151 Å². The zero-order valence-corrected chi connectivity index (χ0v) is 14.3. The van der Waals surface area contributed by atoms with Crippen LogP contribution in [-0.2, 0) is 10.2 Å². The molecule has 1 heterocycles. The van der Waals surface area contributed by atoms with Crippen LogP contribution >= 0.6 is 11.6 Å². The molecule has 2 aromatic carbocycles. The predicted molar refractivity (Wildman–Crippen MR) is 98.2 cm³/mol. The third-order valence-electron chi connectivity index (χ3n) is 4.83. The number of amides is 3. The Morgan fingerprint density at radius 1 is 1.16 bits per heavy atom. The fraction of sp³-hybridized carbons (Fsp3) is 0.263. The summed E-state index contributed by atoms with van der Waals surface area (Å²) in [5.74, 6) is -0.0298. The van der Waals surface area contributed by atoms with Gasteiger partial charge in [-0.25, -0.2) is 4.79 Å². The Morgan fingerprint density at radius 2 is 1.96 bits per heavy atom. The molecular formula is C19H18ClN3O2. The highest BCUT2D eigenvalue weighted by molar-refractivity contribution is 6.30. The normalized spacial score (nSPS) is 18.0. The lowest BCUT2D eigenvalue weighted by atomic mass is 9.95. The molecule has 0 atom stereocenters. The number of carbonyl (C=O) groups excluding carboxylic acids is 2. The summed E-state index contributed by atoms with van der Waals surface area (Å²) >= 11 is 6.08. The van der Waals surface area contributed by atoms with E-state index in [4.69, 9.17) is 11.6 Å². The third-order valence-corrected chi connectivity index (χ3v) is 5.07. The van der Waals surface area contributed by atoms with Crippen molar-refractivity contribution >= 4 is 34.9 Å². The molecule has 128 valence electrons.